The molecule has 0 aromatic heterocycles. The molecule has 0 aliphatic rings. The maximum Gasteiger partial charge on any atom is 0.349 e. The first-order valence-corrected chi connectivity index (χ1v) is 3.37. The molecule has 4 heteroatoms. The lowest BCUT2D eigenvalue weighted by Crippen LogP contribution is -2.15. The van der Waals surface area contributed by atoms with Crippen molar-refractivity contribution in [2.24, 2.45) is 5.41 Å². The SMILES string of the molecule is CC(C)(C)C(O)=C(C#N)C(=O)O. The van der Waals surface area contributed by atoms with Crippen LogP contribution in [0.4, 0.5) is 0 Å². The average molecular weight is 169 g/mol. The summed E-state index contributed by atoms with van der Waals surface area (Å²) in [6.45, 7) is 4.88. The fourth-order valence-corrected chi connectivity index (χ4v) is 0.577. The molecule has 0 amide bonds. The molecule has 0 spiro atoms. The molecule has 2 N–H and O–H groups in total. The average Bonchev–Trinajstić information content (AvgIpc) is 1.86. The third-order valence-electron chi connectivity index (χ3n) is 1.27. The summed E-state index contributed by atoms with van der Waals surface area (Å²) in [6, 6.07) is 1.44. The molecule has 0 atom stereocenters. The summed E-state index contributed by atoms with van der Waals surface area (Å²) in [4.78, 5) is 10.4. The lowest BCUT2D eigenvalue weighted by atomic mass is 9.91. The fraction of sp³-hybridized carbons (Fsp3) is 0.500. The predicted molar refractivity (Wildman–Crippen MR) is 42.4 cm³/mol. The first-order chi connectivity index (χ1) is 5.30. The van der Waals surface area contributed by atoms with E-state index in [9.17, 15) is 9.90 Å². The number of hydrogen-bond acceptors (Lipinski definition) is 3. The second-order valence-electron chi connectivity index (χ2n) is 3.39. The van der Waals surface area contributed by atoms with Crippen LogP contribution in [0.15, 0.2) is 11.3 Å². The molecule has 0 unspecified atom stereocenters. The van der Waals surface area contributed by atoms with Gasteiger partial charge >= 0.3 is 5.97 Å². The molecular weight excluding hydrogens is 158 g/mol. The number of aliphatic hydroxyl groups is 1. The molecule has 0 aliphatic carbocycles. The lowest BCUT2D eigenvalue weighted by Gasteiger charge is -2.17. The number of aliphatic hydroxyl groups excluding tert-OH is 1. The van der Waals surface area contributed by atoms with Crippen molar-refractivity contribution in [3.63, 3.8) is 0 Å². The normalized spacial score (nSPS) is 13.2. The van der Waals surface area contributed by atoms with Gasteiger partial charge in [0.1, 0.15) is 11.8 Å². The molecule has 0 saturated carbocycles. The molecule has 0 heterocycles. The standard InChI is InChI=1S/C8H11NO3/c1-8(2,3)6(10)5(4-9)7(11)12/h10H,1-3H3,(H,11,12). The number of allylic oxidation sites excluding steroid dienone is 1. The molecule has 0 fully saturated rings. The monoisotopic (exact) mass is 169 g/mol. The van der Waals surface area contributed by atoms with Gasteiger partial charge in [-0.15, -0.1) is 0 Å². The maximum absolute atomic E-state index is 10.4. The van der Waals surface area contributed by atoms with Gasteiger partial charge in [-0.05, 0) is 0 Å². The van der Waals surface area contributed by atoms with Crippen molar-refractivity contribution in [3.05, 3.63) is 11.3 Å². The van der Waals surface area contributed by atoms with Crippen LogP contribution in [-0.4, -0.2) is 16.2 Å². The van der Waals surface area contributed by atoms with Crippen LogP contribution in [0.1, 0.15) is 20.8 Å². The third-order valence-corrected chi connectivity index (χ3v) is 1.27. The van der Waals surface area contributed by atoms with E-state index in [2.05, 4.69) is 0 Å². The van der Waals surface area contributed by atoms with Crippen molar-refractivity contribution in [1.29, 1.82) is 5.26 Å². The number of carbonyl (C=O) groups is 1. The number of rotatable bonds is 1. The summed E-state index contributed by atoms with van der Waals surface area (Å²) < 4.78 is 0. The minimum absolute atomic E-state index is 0.391. The van der Waals surface area contributed by atoms with Crippen LogP contribution in [-0.2, 0) is 4.79 Å². The highest BCUT2D eigenvalue weighted by Gasteiger charge is 2.24. The quantitative estimate of drug-likeness (QED) is 0.353. The van der Waals surface area contributed by atoms with Crippen LogP contribution >= 0.6 is 0 Å². The van der Waals surface area contributed by atoms with Gasteiger partial charge in [0.05, 0.1) is 0 Å². The highest BCUT2D eigenvalue weighted by atomic mass is 16.4. The topological polar surface area (TPSA) is 81.3 Å². The molecule has 0 radical (unpaired) electrons. The summed E-state index contributed by atoms with van der Waals surface area (Å²) >= 11 is 0. The number of aliphatic carboxylic acids is 1. The Hall–Kier alpha value is -1.50. The van der Waals surface area contributed by atoms with Crippen LogP contribution in [0.25, 0.3) is 0 Å². The second-order valence-corrected chi connectivity index (χ2v) is 3.39. The Bertz CT molecular complexity index is 265. The molecule has 66 valence electrons. The number of nitrogens with zero attached hydrogens (tertiary/aromatic N) is 1. The highest BCUT2D eigenvalue weighted by molar-refractivity contribution is 5.91. The second kappa shape index (κ2) is 3.26. The smallest absolute Gasteiger partial charge is 0.349 e. The Morgan fingerprint density at radius 1 is 1.33 bits per heavy atom. The Balaban J connectivity index is 5.17. The van der Waals surface area contributed by atoms with Gasteiger partial charge in [-0.25, -0.2) is 4.79 Å². The van der Waals surface area contributed by atoms with Crippen molar-refractivity contribution in [1.82, 2.24) is 0 Å². The molecule has 12 heavy (non-hydrogen) atoms. The third kappa shape index (κ3) is 2.27. The van der Waals surface area contributed by atoms with Crippen molar-refractivity contribution < 1.29 is 15.0 Å². The predicted octanol–water partition coefficient (Wildman–Crippen LogP) is 1.45. The van der Waals surface area contributed by atoms with Gasteiger partial charge in [-0.2, -0.15) is 5.26 Å². The molecule has 0 aromatic carbocycles. The largest absolute Gasteiger partial charge is 0.510 e. The van der Waals surface area contributed by atoms with Gasteiger partial charge in [-0.1, -0.05) is 20.8 Å². The van der Waals surface area contributed by atoms with E-state index >= 15 is 0 Å². The van der Waals surface area contributed by atoms with Gasteiger partial charge in [-0.3, -0.25) is 0 Å². The van der Waals surface area contributed by atoms with E-state index in [-0.39, 0.29) is 0 Å². The van der Waals surface area contributed by atoms with Crippen LogP contribution in [0.5, 0.6) is 0 Å². The summed E-state index contributed by atoms with van der Waals surface area (Å²) in [7, 11) is 0. The van der Waals surface area contributed by atoms with E-state index in [1.807, 2.05) is 0 Å². The summed E-state index contributed by atoms with van der Waals surface area (Å²) in [5.74, 6) is -1.79. The number of nitriles is 1. The molecule has 4 nitrogen and oxygen atoms in total. The molecule has 0 bridgehead atoms. The molecule has 0 rings (SSSR count). The summed E-state index contributed by atoms with van der Waals surface area (Å²) in [5.41, 5.74) is -1.30. The summed E-state index contributed by atoms with van der Waals surface area (Å²) in [6.07, 6.45) is 0. The van der Waals surface area contributed by atoms with Gasteiger partial charge in [0.25, 0.3) is 0 Å². The van der Waals surface area contributed by atoms with E-state index in [0.29, 0.717) is 0 Å². The van der Waals surface area contributed by atoms with Crippen LogP contribution in [0.3, 0.4) is 0 Å². The Morgan fingerprint density at radius 2 is 1.75 bits per heavy atom. The zero-order valence-corrected chi connectivity index (χ0v) is 7.25. The minimum atomic E-state index is -1.40. The van der Waals surface area contributed by atoms with Gasteiger partial charge < -0.3 is 10.2 Å². The number of carboxylic acids is 1. The molecule has 0 aliphatic heterocycles. The van der Waals surface area contributed by atoms with Gasteiger partial charge in [0.2, 0.25) is 0 Å². The number of hydrogen-bond donors (Lipinski definition) is 2. The van der Waals surface area contributed by atoms with Gasteiger partial charge in [0.15, 0.2) is 5.57 Å². The van der Waals surface area contributed by atoms with Crippen LogP contribution in [0.2, 0.25) is 0 Å². The summed E-state index contributed by atoms with van der Waals surface area (Å²) in [5, 5.41) is 26.1. The van der Waals surface area contributed by atoms with E-state index in [0.717, 1.165) is 0 Å². The van der Waals surface area contributed by atoms with E-state index in [1.165, 1.54) is 6.07 Å². The van der Waals surface area contributed by atoms with Gasteiger partial charge in [0, 0.05) is 5.41 Å². The van der Waals surface area contributed by atoms with E-state index < -0.39 is 22.7 Å². The Kier molecular flexibility index (Phi) is 2.86. The zero-order chi connectivity index (χ0) is 9.94. The number of carboxylic acid groups (broad SMARTS) is 1. The molecule has 0 aromatic rings. The van der Waals surface area contributed by atoms with Crippen molar-refractivity contribution in [3.8, 4) is 6.07 Å². The first kappa shape index (κ1) is 10.5. The fourth-order valence-electron chi connectivity index (χ4n) is 0.577. The Labute approximate surface area is 70.7 Å². The lowest BCUT2D eigenvalue weighted by molar-refractivity contribution is -0.132. The Morgan fingerprint density at radius 3 is 1.83 bits per heavy atom. The molecule has 0 saturated heterocycles. The first-order valence-electron chi connectivity index (χ1n) is 3.37. The van der Waals surface area contributed by atoms with Crippen LogP contribution < -0.4 is 0 Å². The zero-order valence-electron chi connectivity index (χ0n) is 7.25. The van der Waals surface area contributed by atoms with Crippen molar-refractivity contribution in [2.45, 2.75) is 20.8 Å². The highest BCUT2D eigenvalue weighted by Crippen LogP contribution is 2.25. The van der Waals surface area contributed by atoms with Crippen molar-refractivity contribution >= 4 is 5.97 Å². The van der Waals surface area contributed by atoms with E-state index in [4.69, 9.17) is 10.4 Å². The molecular formula is C8H11NO3. The van der Waals surface area contributed by atoms with Crippen molar-refractivity contribution in [2.75, 3.05) is 0 Å². The van der Waals surface area contributed by atoms with Crippen LogP contribution in [0, 0.1) is 16.7 Å². The maximum atomic E-state index is 10.4. The minimum Gasteiger partial charge on any atom is -0.510 e. The van der Waals surface area contributed by atoms with E-state index in [1.54, 1.807) is 20.8 Å².